The summed E-state index contributed by atoms with van der Waals surface area (Å²) in [5, 5.41) is 6.85. The second-order valence-corrected chi connectivity index (χ2v) is 7.58. The van der Waals surface area contributed by atoms with Gasteiger partial charge < -0.3 is 25.0 Å². The number of aliphatic imine (C=N–C) groups is 1. The first-order valence-electron chi connectivity index (χ1n) is 10.9. The first kappa shape index (κ1) is 22.7. The quantitative estimate of drug-likeness (QED) is 0.497. The van der Waals surface area contributed by atoms with Gasteiger partial charge in [0.25, 0.3) is 0 Å². The third-order valence-electron chi connectivity index (χ3n) is 5.49. The number of nitrogens with zero attached hydrogens (tertiary/aromatic N) is 2. The van der Waals surface area contributed by atoms with Crippen LogP contribution < -0.4 is 25.0 Å². The highest BCUT2D eigenvalue weighted by molar-refractivity contribution is 5.80. The van der Waals surface area contributed by atoms with Crippen molar-refractivity contribution in [1.29, 1.82) is 0 Å². The molecule has 7 heteroatoms. The SMILES string of the molecule is CCNC(=NCCc1ccccc1F)NC1CCN(c2cc(OC)cc(OC)c2)CC1. The molecule has 1 saturated heterocycles. The second kappa shape index (κ2) is 11.4. The molecule has 31 heavy (non-hydrogen) atoms. The first-order chi connectivity index (χ1) is 15.1. The average Bonchev–Trinajstić information content (AvgIpc) is 2.80. The maximum atomic E-state index is 13.8. The number of hydrogen-bond acceptors (Lipinski definition) is 4. The number of nitrogens with one attached hydrogen (secondary N) is 2. The van der Waals surface area contributed by atoms with Crippen LogP contribution in [-0.4, -0.2) is 52.4 Å². The first-order valence-corrected chi connectivity index (χ1v) is 10.9. The van der Waals surface area contributed by atoms with Crippen LogP contribution in [-0.2, 0) is 6.42 Å². The molecular weight excluding hydrogens is 395 g/mol. The van der Waals surface area contributed by atoms with Gasteiger partial charge in [-0.2, -0.15) is 0 Å². The number of benzene rings is 2. The predicted molar refractivity (Wildman–Crippen MR) is 124 cm³/mol. The van der Waals surface area contributed by atoms with Gasteiger partial charge in [0.15, 0.2) is 5.96 Å². The molecule has 2 aromatic rings. The van der Waals surface area contributed by atoms with E-state index < -0.39 is 0 Å². The monoisotopic (exact) mass is 428 g/mol. The standard InChI is InChI=1S/C24H33FN4O2/c1-4-26-24(27-12-9-18-7-5-6-8-23(18)25)28-19-10-13-29(14-11-19)20-15-21(30-2)17-22(16-20)31-3/h5-8,15-17,19H,4,9-14H2,1-3H3,(H2,26,27,28). The Labute approximate surface area is 184 Å². The lowest BCUT2D eigenvalue weighted by atomic mass is 10.0. The van der Waals surface area contributed by atoms with Gasteiger partial charge in [-0.15, -0.1) is 0 Å². The third-order valence-corrected chi connectivity index (χ3v) is 5.49. The number of anilines is 1. The summed E-state index contributed by atoms with van der Waals surface area (Å²) in [6.45, 7) is 5.24. The zero-order valence-corrected chi connectivity index (χ0v) is 18.7. The van der Waals surface area contributed by atoms with Crippen LogP contribution in [0.25, 0.3) is 0 Å². The highest BCUT2D eigenvalue weighted by atomic mass is 19.1. The number of methoxy groups -OCH3 is 2. The third kappa shape index (κ3) is 6.51. The fraction of sp³-hybridized carbons (Fsp3) is 0.458. The maximum absolute atomic E-state index is 13.8. The predicted octanol–water partition coefficient (Wildman–Crippen LogP) is 3.61. The molecule has 6 nitrogen and oxygen atoms in total. The van der Waals surface area contributed by atoms with Gasteiger partial charge in [-0.1, -0.05) is 18.2 Å². The molecule has 168 valence electrons. The van der Waals surface area contributed by atoms with E-state index in [0.29, 0.717) is 24.6 Å². The zero-order chi connectivity index (χ0) is 22.1. The Bertz CT molecular complexity index is 844. The van der Waals surface area contributed by atoms with Crippen LogP contribution in [0.15, 0.2) is 47.5 Å². The van der Waals surface area contributed by atoms with Gasteiger partial charge in [-0.3, -0.25) is 4.99 Å². The fourth-order valence-electron chi connectivity index (χ4n) is 3.76. The van der Waals surface area contributed by atoms with Crippen LogP contribution in [0.3, 0.4) is 0 Å². The number of rotatable bonds is 8. The highest BCUT2D eigenvalue weighted by Crippen LogP contribution is 2.30. The molecule has 1 fully saturated rings. The molecule has 0 unspecified atom stereocenters. The molecule has 0 aromatic heterocycles. The molecule has 0 spiro atoms. The van der Waals surface area contributed by atoms with Crippen molar-refractivity contribution in [3.63, 3.8) is 0 Å². The molecular formula is C24H33FN4O2. The number of piperidine rings is 1. The highest BCUT2D eigenvalue weighted by Gasteiger charge is 2.21. The van der Waals surface area contributed by atoms with Crippen LogP contribution in [0.1, 0.15) is 25.3 Å². The number of guanidine groups is 1. The number of halogens is 1. The van der Waals surface area contributed by atoms with Crippen molar-refractivity contribution in [1.82, 2.24) is 10.6 Å². The van der Waals surface area contributed by atoms with Crippen molar-refractivity contribution < 1.29 is 13.9 Å². The lowest BCUT2D eigenvalue weighted by Gasteiger charge is -2.34. The zero-order valence-electron chi connectivity index (χ0n) is 18.7. The molecule has 1 aliphatic rings. The molecule has 2 N–H and O–H groups in total. The fourth-order valence-corrected chi connectivity index (χ4v) is 3.76. The summed E-state index contributed by atoms with van der Waals surface area (Å²) < 4.78 is 24.6. The summed E-state index contributed by atoms with van der Waals surface area (Å²) in [5.41, 5.74) is 1.81. The summed E-state index contributed by atoms with van der Waals surface area (Å²) in [6, 6.07) is 13.2. The van der Waals surface area contributed by atoms with Crippen LogP contribution in [0.2, 0.25) is 0 Å². The summed E-state index contributed by atoms with van der Waals surface area (Å²) >= 11 is 0. The van der Waals surface area contributed by atoms with Crippen molar-refractivity contribution >= 4 is 11.6 Å². The van der Waals surface area contributed by atoms with E-state index in [1.807, 2.05) is 37.3 Å². The Morgan fingerprint density at radius 1 is 1.10 bits per heavy atom. The van der Waals surface area contributed by atoms with Crippen LogP contribution in [0.4, 0.5) is 10.1 Å². The van der Waals surface area contributed by atoms with Gasteiger partial charge in [-0.05, 0) is 37.8 Å². The lowest BCUT2D eigenvalue weighted by molar-refractivity contribution is 0.393. The number of hydrogen-bond donors (Lipinski definition) is 2. The van der Waals surface area contributed by atoms with Gasteiger partial charge in [0.05, 0.1) is 14.2 Å². The van der Waals surface area contributed by atoms with E-state index in [-0.39, 0.29) is 5.82 Å². The minimum Gasteiger partial charge on any atom is -0.497 e. The van der Waals surface area contributed by atoms with Crippen molar-refractivity contribution in [2.45, 2.75) is 32.2 Å². The summed E-state index contributed by atoms with van der Waals surface area (Å²) in [5.74, 6) is 2.22. The van der Waals surface area contributed by atoms with Crippen LogP contribution >= 0.6 is 0 Å². The second-order valence-electron chi connectivity index (χ2n) is 7.58. The minimum absolute atomic E-state index is 0.169. The molecule has 3 rings (SSSR count). The van der Waals surface area contributed by atoms with Crippen molar-refractivity contribution in [3.05, 3.63) is 53.8 Å². The minimum atomic E-state index is -0.169. The number of ether oxygens (including phenoxy) is 2. The normalized spacial score (nSPS) is 15.0. The van der Waals surface area contributed by atoms with Gasteiger partial charge in [0, 0.05) is 56.1 Å². The van der Waals surface area contributed by atoms with Crippen molar-refractivity contribution in [3.8, 4) is 11.5 Å². The van der Waals surface area contributed by atoms with E-state index in [2.05, 4.69) is 20.5 Å². The Morgan fingerprint density at radius 2 is 1.77 bits per heavy atom. The van der Waals surface area contributed by atoms with E-state index in [4.69, 9.17) is 9.47 Å². The van der Waals surface area contributed by atoms with Gasteiger partial charge in [0.1, 0.15) is 17.3 Å². The Balaban J connectivity index is 1.54. The van der Waals surface area contributed by atoms with E-state index in [1.165, 1.54) is 6.07 Å². The Morgan fingerprint density at radius 3 is 2.39 bits per heavy atom. The van der Waals surface area contributed by atoms with Crippen molar-refractivity contribution in [2.75, 3.05) is 45.3 Å². The summed E-state index contributed by atoms with van der Waals surface area (Å²) in [7, 11) is 3.34. The Hall–Kier alpha value is -2.96. The smallest absolute Gasteiger partial charge is 0.191 e. The Kier molecular flexibility index (Phi) is 8.38. The molecule has 2 aromatic carbocycles. The molecule has 0 amide bonds. The van der Waals surface area contributed by atoms with Crippen molar-refractivity contribution in [2.24, 2.45) is 4.99 Å². The van der Waals surface area contributed by atoms with E-state index in [9.17, 15) is 4.39 Å². The van der Waals surface area contributed by atoms with Gasteiger partial charge >= 0.3 is 0 Å². The van der Waals surface area contributed by atoms with Crippen LogP contribution in [0, 0.1) is 5.82 Å². The molecule has 0 saturated carbocycles. The van der Waals surface area contributed by atoms with Gasteiger partial charge in [0.2, 0.25) is 0 Å². The molecule has 1 aliphatic heterocycles. The van der Waals surface area contributed by atoms with E-state index in [0.717, 1.165) is 55.6 Å². The van der Waals surface area contributed by atoms with E-state index >= 15 is 0 Å². The largest absolute Gasteiger partial charge is 0.497 e. The summed E-state index contributed by atoms with van der Waals surface area (Å²) in [6.07, 6.45) is 2.58. The molecule has 0 atom stereocenters. The van der Waals surface area contributed by atoms with Crippen LogP contribution in [0.5, 0.6) is 11.5 Å². The molecule has 0 radical (unpaired) electrons. The van der Waals surface area contributed by atoms with Gasteiger partial charge in [-0.25, -0.2) is 4.39 Å². The average molecular weight is 429 g/mol. The lowest BCUT2D eigenvalue weighted by Crippen LogP contribution is -2.48. The summed E-state index contributed by atoms with van der Waals surface area (Å²) in [4.78, 5) is 7.00. The molecule has 0 bridgehead atoms. The van der Waals surface area contributed by atoms with E-state index in [1.54, 1.807) is 20.3 Å². The molecule has 0 aliphatic carbocycles. The molecule has 1 heterocycles. The maximum Gasteiger partial charge on any atom is 0.191 e. The topological polar surface area (TPSA) is 58.1 Å².